The molecule has 0 bridgehead atoms. The van der Waals surface area contributed by atoms with Crippen molar-refractivity contribution >= 4 is 5.91 Å². The fourth-order valence-electron chi connectivity index (χ4n) is 3.31. The van der Waals surface area contributed by atoms with Gasteiger partial charge in [0.1, 0.15) is 0 Å². The normalized spacial score (nSPS) is 28.6. The van der Waals surface area contributed by atoms with Crippen LogP contribution in [-0.2, 0) is 4.79 Å². The molecule has 1 amide bonds. The van der Waals surface area contributed by atoms with Crippen molar-refractivity contribution in [3.63, 3.8) is 0 Å². The number of rotatable bonds is 7. The Morgan fingerprint density at radius 2 is 2.00 bits per heavy atom. The van der Waals surface area contributed by atoms with Gasteiger partial charge in [-0.2, -0.15) is 0 Å². The highest BCUT2D eigenvalue weighted by Gasteiger charge is 2.32. The number of carbonyl (C=O) groups excluding carboxylic acids is 1. The predicted octanol–water partition coefficient (Wildman–Crippen LogP) is 2.02. The molecule has 3 atom stereocenters. The summed E-state index contributed by atoms with van der Waals surface area (Å²) in [5.74, 6) is 1.58. The van der Waals surface area contributed by atoms with Gasteiger partial charge in [-0.15, -0.1) is 0 Å². The zero-order valence-corrected chi connectivity index (χ0v) is 13.8. The first kappa shape index (κ1) is 16.8. The van der Waals surface area contributed by atoms with Crippen LogP contribution in [0.2, 0.25) is 0 Å². The summed E-state index contributed by atoms with van der Waals surface area (Å²) in [7, 11) is 0. The van der Waals surface area contributed by atoms with Gasteiger partial charge in [-0.3, -0.25) is 4.79 Å². The van der Waals surface area contributed by atoms with Gasteiger partial charge in [-0.25, -0.2) is 0 Å². The van der Waals surface area contributed by atoms with E-state index in [1.807, 2.05) is 20.8 Å². The zero-order chi connectivity index (χ0) is 15.4. The average Bonchev–Trinajstić information content (AvgIpc) is 3.22. The Kier molecular flexibility index (Phi) is 6.06. The molecule has 1 saturated heterocycles. The SMILES string of the molecule is CCC(O)CC1CC(NC(=O)C(C)C)CN(CC2CC2)C1. The lowest BCUT2D eigenvalue weighted by molar-refractivity contribution is -0.125. The largest absolute Gasteiger partial charge is 0.393 e. The van der Waals surface area contributed by atoms with Crippen molar-refractivity contribution in [2.75, 3.05) is 19.6 Å². The van der Waals surface area contributed by atoms with Crippen LogP contribution in [0.5, 0.6) is 0 Å². The van der Waals surface area contributed by atoms with Crippen LogP contribution >= 0.6 is 0 Å². The number of hydrogen-bond acceptors (Lipinski definition) is 3. The van der Waals surface area contributed by atoms with Crippen molar-refractivity contribution in [1.82, 2.24) is 10.2 Å². The Morgan fingerprint density at radius 3 is 2.57 bits per heavy atom. The van der Waals surface area contributed by atoms with E-state index in [4.69, 9.17) is 0 Å². The standard InChI is InChI=1S/C17H32N2O2/c1-4-16(20)8-14-7-15(18-17(21)12(2)3)11-19(10-14)9-13-5-6-13/h12-16,20H,4-11H2,1-3H3,(H,18,21). The first-order valence-corrected chi connectivity index (χ1v) is 8.68. The van der Waals surface area contributed by atoms with Crippen LogP contribution in [0.25, 0.3) is 0 Å². The van der Waals surface area contributed by atoms with Crippen molar-refractivity contribution in [2.45, 2.75) is 65.0 Å². The van der Waals surface area contributed by atoms with E-state index < -0.39 is 0 Å². The third kappa shape index (κ3) is 5.59. The van der Waals surface area contributed by atoms with E-state index in [0.717, 1.165) is 38.3 Å². The summed E-state index contributed by atoms with van der Waals surface area (Å²) in [6.45, 7) is 9.16. The summed E-state index contributed by atoms with van der Waals surface area (Å²) in [4.78, 5) is 14.5. The highest BCUT2D eigenvalue weighted by Crippen LogP contribution is 2.32. The molecule has 122 valence electrons. The fraction of sp³-hybridized carbons (Fsp3) is 0.941. The molecular formula is C17H32N2O2. The van der Waals surface area contributed by atoms with Crippen molar-refractivity contribution in [2.24, 2.45) is 17.8 Å². The second-order valence-electron chi connectivity index (χ2n) is 7.42. The van der Waals surface area contributed by atoms with E-state index in [2.05, 4.69) is 10.2 Å². The van der Waals surface area contributed by atoms with Crippen LogP contribution in [-0.4, -0.2) is 47.7 Å². The van der Waals surface area contributed by atoms with Gasteiger partial charge in [-0.1, -0.05) is 20.8 Å². The maximum Gasteiger partial charge on any atom is 0.222 e. The molecule has 1 aliphatic heterocycles. The van der Waals surface area contributed by atoms with Crippen molar-refractivity contribution in [3.05, 3.63) is 0 Å². The Bertz CT molecular complexity index is 342. The van der Waals surface area contributed by atoms with Crippen LogP contribution in [0.15, 0.2) is 0 Å². The molecule has 4 heteroatoms. The number of carbonyl (C=O) groups is 1. The van der Waals surface area contributed by atoms with Gasteiger partial charge < -0.3 is 15.3 Å². The number of aliphatic hydroxyl groups excluding tert-OH is 1. The van der Waals surface area contributed by atoms with Crippen molar-refractivity contribution in [3.8, 4) is 0 Å². The third-order valence-electron chi connectivity index (χ3n) is 4.77. The quantitative estimate of drug-likeness (QED) is 0.756. The summed E-state index contributed by atoms with van der Waals surface area (Å²) in [6, 6.07) is 0.251. The van der Waals surface area contributed by atoms with E-state index in [0.29, 0.717) is 5.92 Å². The van der Waals surface area contributed by atoms with Gasteiger partial charge in [0.2, 0.25) is 5.91 Å². The zero-order valence-electron chi connectivity index (χ0n) is 13.8. The van der Waals surface area contributed by atoms with Crippen molar-refractivity contribution < 1.29 is 9.90 Å². The molecule has 0 radical (unpaired) electrons. The molecule has 21 heavy (non-hydrogen) atoms. The van der Waals surface area contributed by atoms with E-state index >= 15 is 0 Å². The minimum atomic E-state index is -0.197. The lowest BCUT2D eigenvalue weighted by Crippen LogP contribution is -2.52. The van der Waals surface area contributed by atoms with Crippen LogP contribution in [0.4, 0.5) is 0 Å². The molecule has 2 fully saturated rings. The summed E-state index contributed by atoms with van der Waals surface area (Å²) in [5, 5.41) is 13.1. The minimum Gasteiger partial charge on any atom is -0.393 e. The molecule has 4 nitrogen and oxygen atoms in total. The van der Waals surface area contributed by atoms with Crippen LogP contribution in [0, 0.1) is 17.8 Å². The summed E-state index contributed by atoms with van der Waals surface area (Å²) < 4.78 is 0. The molecule has 2 aliphatic rings. The van der Waals surface area contributed by atoms with Crippen LogP contribution in [0.3, 0.4) is 0 Å². The lowest BCUT2D eigenvalue weighted by Gasteiger charge is -2.39. The number of aliphatic hydroxyl groups is 1. The Labute approximate surface area is 129 Å². The number of hydrogen-bond donors (Lipinski definition) is 2. The first-order valence-electron chi connectivity index (χ1n) is 8.68. The average molecular weight is 296 g/mol. The molecule has 2 rings (SSSR count). The van der Waals surface area contributed by atoms with Gasteiger partial charge >= 0.3 is 0 Å². The molecule has 1 saturated carbocycles. The molecule has 0 spiro atoms. The number of nitrogens with zero attached hydrogens (tertiary/aromatic N) is 1. The molecule has 3 unspecified atom stereocenters. The Morgan fingerprint density at radius 1 is 1.29 bits per heavy atom. The van der Waals surface area contributed by atoms with Gasteiger partial charge in [0.15, 0.2) is 0 Å². The second-order valence-corrected chi connectivity index (χ2v) is 7.42. The molecule has 0 aromatic carbocycles. The molecule has 1 aliphatic carbocycles. The van der Waals surface area contributed by atoms with Gasteiger partial charge in [0, 0.05) is 31.6 Å². The number of nitrogens with one attached hydrogen (secondary N) is 1. The maximum atomic E-state index is 12.0. The van der Waals surface area contributed by atoms with E-state index in [-0.39, 0.29) is 24.0 Å². The fourth-order valence-corrected chi connectivity index (χ4v) is 3.31. The van der Waals surface area contributed by atoms with Gasteiger partial charge in [0.05, 0.1) is 6.10 Å². The number of likely N-dealkylation sites (tertiary alicyclic amines) is 1. The molecule has 1 heterocycles. The highest BCUT2D eigenvalue weighted by molar-refractivity contribution is 5.78. The molecule has 0 aromatic heterocycles. The minimum absolute atomic E-state index is 0.0449. The predicted molar refractivity (Wildman–Crippen MR) is 85.0 cm³/mol. The number of amides is 1. The Hall–Kier alpha value is -0.610. The molecule has 0 aromatic rings. The van der Waals surface area contributed by atoms with Gasteiger partial charge in [-0.05, 0) is 43.9 Å². The third-order valence-corrected chi connectivity index (χ3v) is 4.77. The Balaban J connectivity index is 1.90. The monoisotopic (exact) mass is 296 g/mol. The number of piperidine rings is 1. The van der Waals surface area contributed by atoms with E-state index in [1.54, 1.807) is 0 Å². The van der Waals surface area contributed by atoms with Crippen molar-refractivity contribution in [1.29, 1.82) is 0 Å². The maximum absolute atomic E-state index is 12.0. The molecular weight excluding hydrogens is 264 g/mol. The topological polar surface area (TPSA) is 52.6 Å². The first-order chi connectivity index (χ1) is 9.97. The van der Waals surface area contributed by atoms with E-state index in [1.165, 1.54) is 19.4 Å². The van der Waals surface area contributed by atoms with Crippen LogP contribution in [0.1, 0.15) is 52.9 Å². The van der Waals surface area contributed by atoms with Crippen LogP contribution < -0.4 is 5.32 Å². The smallest absolute Gasteiger partial charge is 0.222 e. The summed E-state index contributed by atoms with van der Waals surface area (Å²) >= 11 is 0. The highest BCUT2D eigenvalue weighted by atomic mass is 16.3. The second kappa shape index (κ2) is 7.59. The molecule has 2 N–H and O–H groups in total. The summed E-state index contributed by atoms with van der Waals surface area (Å²) in [5.41, 5.74) is 0. The summed E-state index contributed by atoms with van der Waals surface area (Å²) in [6.07, 6.45) is 5.23. The van der Waals surface area contributed by atoms with E-state index in [9.17, 15) is 9.90 Å². The lowest BCUT2D eigenvalue weighted by atomic mass is 9.88. The van der Waals surface area contributed by atoms with Gasteiger partial charge in [0.25, 0.3) is 0 Å².